The van der Waals surface area contributed by atoms with Gasteiger partial charge in [0.1, 0.15) is 10.3 Å². The Labute approximate surface area is 182 Å². The topological polar surface area (TPSA) is 6.48 Å². The molecule has 6 heteroatoms. The molecule has 0 aliphatic carbocycles. The van der Waals surface area contributed by atoms with Gasteiger partial charge in [-0.25, -0.2) is 0 Å². The van der Waals surface area contributed by atoms with E-state index in [-0.39, 0.29) is 0 Å². The van der Waals surface area contributed by atoms with E-state index in [1.165, 1.54) is 5.56 Å². The number of thiocarbonyl (C=S) groups is 1. The molecule has 0 spiro atoms. The molecule has 1 atom stereocenters. The highest BCUT2D eigenvalue weighted by Crippen LogP contribution is 2.63. The Balaban J connectivity index is 3.39. The maximum Gasteiger partial charge on any atom is 0.124 e. The average Bonchev–Trinajstić information content (AvgIpc) is 2.53. The van der Waals surface area contributed by atoms with Crippen molar-refractivity contribution in [3.8, 4) is 0 Å². The van der Waals surface area contributed by atoms with Crippen LogP contribution in [-0.4, -0.2) is 37.4 Å². The molecule has 0 saturated heterocycles. The van der Waals surface area contributed by atoms with Gasteiger partial charge in [-0.3, -0.25) is 9.34 Å². The van der Waals surface area contributed by atoms with Gasteiger partial charge in [-0.05, 0) is 67.9 Å². The summed E-state index contributed by atoms with van der Waals surface area (Å²) in [6, 6.07) is 12.0. The summed E-state index contributed by atoms with van der Waals surface area (Å²) in [5, 5.41) is 0.295. The lowest BCUT2D eigenvalue weighted by Crippen LogP contribution is -2.46. The zero-order valence-electron chi connectivity index (χ0n) is 18.3. The molecule has 2 nitrogen and oxygen atoms in total. The molecular formula is C21H37N2PS3. The fourth-order valence-electron chi connectivity index (χ4n) is 3.76. The van der Waals surface area contributed by atoms with E-state index in [1.54, 1.807) is 11.8 Å². The monoisotopic (exact) mass is 444 g/mol. The SMILES string of the molecule is CC(SC(=S)P(=S)(N(C(C)C)C(C)C)N(C(C)C)C(C)C)c1ccccc1. The van der Waals surface area contributed by atoms with E-state index in [2.05, 4.69) is 102 Å². The summed E-state index contributed by atoms with van der Waals surface area (Å²) in [5.74, 6) is 0. The molecule has 0 aliphatic heterocycles. The summed E-state index contributed by atoms with van der Waals surface area (Å²) in [5.41, 5.74) is 1.30. The molecule has 0 N–H and O–H groups in total. The normalized spacial score (nSPS) is 14.2. The lowest BCUT2D eigenvalue weighted by Gasteiger charge is -2.50. The number of thioether (sulfide) groups is 1. The van der Waals surface area contributed by atoms with Crippen LogP contribution in [0.2, 0.25) is 0 Å². The zero-order chi connectivity index (χ0) is 20.9. The van der Waals surface area contributed by atoms with Gasteiger partial charge in [-0.15, -0.1) is 11.8 Å². The van der Waals surface area contributed by atoms with Crippen LogP contribution in [0, 0.1) is 0 Å². The Bertz CT molecular complexity index is 604. The summed E-state index contributed by atoms with van der Waals surface area (Å²) >= 11 is 14.4. The van der Waals surface area contributed by atoms with Crippen molar-refractivity contribution in [3.05, 3.63) is 35.9 Å². The summed E-state index contributed by atoms with van der Waals surface area (Å²) in [4.78, 5) is 0. The highest BCUT2D eigenvalue weighted by molar-refractivity contribution is 8.45. The van der Waals surface area contributed by atoms with Gasteiger partial charge in [0.15, 0.2) is 0 Å². The lowest BCUT2D eigenvalue weighted by atomic mass is 10.2. The van der Waals surface area contributed by atoms with Crippen molar-refractivity contribution in [1.29, 1.82) is 0 Å². The van der Waals surface area contributed by atoms with Crippen molar-refractivity contribution < 1.29 is 0 Å². The molecular weight excluding hydrogens is 407 g/mol. The molecule has 0 fully saturated rings. The third-order valence-electron chi connectivity index (χ3n) is 4.53. The lowest BCUT2D eigenvalue weighted by molar-refractivity contribution is 0.261. The van der Waals surface area contributed by atoms with Crippen molar-refractivity contribution >= 4 is 46.1 Å². The fourth-order valence-corrected chi connectivity index (χ4v) is 12.7. The molecule has 0 aliphatic rings. The molecule has 0 saturated carbocycles. The first-order valence-electron chi connectivity index (χ1n) is 9.88. The van der Waals surface area contributed by atoms with E-state index in [0.29, 0.717) is 29.4 Å². The summed E-state index contributed by atoms with van der Waals surface area (Å²) < 4.78 is 6.00. The molecule has 0 amide bonds. The van der Waals surface area contributed by atoms with E-state index in [0.717, 1.165) is 3.94 Å². The quantitative estimate of drug-likeness (QED) is 0.290. The first-order valence-corrected chi connectivity index (χ1v) is 13.9. The van der Waals surface area contributed by atoms with E-state index < -0.39 is 6.34 Å². The van der Waals surface area contributed by atoms with Crippen LogP contribution < -0.4 is 0 Å². The zero-order valence-corrected chi connectivity index (χ0v) is 21.7. The van der Waals surface area contributed by atoms with Crippen molar-refractivity contribution in [2.45, 2.75) is 91.7 Å². The van der Waals surface area contributed by atoms with Gasteiger partial charge in [0.05, 0.1) is 0 Å². The van der Waals surface area contributed by atoms with E-state index in [9.17, 15) is 0 Å². The maximum atomic E-state index is 6.54. The smallest absolute Gasteiger partial charge is 0.124 e. The molecule has 1 unspecified atom stereocenters. The molecule has 1 aromatic rings. The number of benzene rings is 1. The number of hydrogen-bond acceptors (Lipinski definition) is 3. The second-order valence-corrected chi connectivity index (χ2v) is 14.7. The highest BCUT2D eigenvalue weighted by Gasteiger charge is 2.42. The minimum absolute atomic E-state index is 0.295. The van der Waals surface area contributed by atoms with Gasteiger partial charge >= 0.3 is 0 Å². The molecule has 0 heterocycles. The highest BCUT2D eigenvalue weighted by atomic mass is 32.5. The van der Waals surface area contributed by atoms with Crippen LogP contribution in [0.5, 0.6) is 0 Å². The Morgan fingerprint density at radius 3 is 1.48 bits per heavy atom. The first-order chi connectivity index (χ1) is 12.4. The van der Waals surface area contributed by atoms with Gasteiger partial charge in [0.2, 0.25) is 0 Å². The van der Waals surface area contributed by atoms with Crippen LogP contribution >= 0.6 is 30.3 Å². The Morgan fingerprint density at radius 1 is 0.778 bits per heavy atom. The molecule has 27 heavy (non-hydrogen) atoms. The third-order valence-corrected chi connectivity index (χ3v) is 13.4. The minimum Gasteiger partial charge on any atom is -0.254 e. The van der Waals surface area contributed by atoms with Gasteiger partial charge in [-0.1, -0.05) is 54.4 Å². The molecule has 0 aromatic heterocycles. The number of nitrogens with zero attached hydrogens (tertiary/aromatic N) is 2. The maximum absolute atomic E-state index is 6.54. The second kappa shape index (κ2) is 10.8. The van der Waals surface area contributed by atoms with Crippen molar-refractivity contribution in [1.82, 2.24) is 9.34 Å². The largest absolute Gasteiger partial charge is 0.254 e. The predicted molar refractivity (Wildman–Crippen MR) is 134 cm³/mol. The summed E-state index contributed by atoms with van der Waals surface area (Å²) in [7, 11) is 0. The Morgan fingerprint density at radius 2 is 1.15 bits per heavy atom. The summed E-state index contributed by atoms with van der Waals surface area (Å²) in [6.07, 6.45) is -2.24. The number of hydrogen-bond donors (Lipinski definition) is 0. The van der Waals surface area contributed by atoms with Crippen LogP contribution in [0.15, 0.2) is 30.3 Å². The standard InChI is InChI=1S/C21H37N2PS3/c1-15(2)22(16(3)4)24(26,23(17(5)6)18(7)8)21(25)27-19(9)20-13-11-10-12-14-20/h10-19H,1-9H3. The molecule has 0 bridgehead atoms. The van der Waals surface area contributed by atoms with E-state index in [4.69, 9.17) is 24.0 Å². The summed E-state index contributed by atoms with van der Waals surface area (Å²) in [6.45, 7) is 20.2. The third kappa shape index (κ3) is 6.10. The van der Waals surface area contributed by atoms with Gasteiger partial charge in [0, 0.05) is 29.4 Å². The fraction of sp³-hybridized carbons (Fsp3) is 0.667. The van der Waals surface area contributed by atoms with Gasteiger partial charge in [0.25, 0.3) is 0 Å². The van der Waals surface area contributed by atoms with Crippen LogP contribution in [0.3, 0.4) is 0 Å². The molecule has 0 radical (unpaired) electrons. The second-order valence-electron chi connectivity index (χ2n) is 8.12. The van der Waals surface area contributed by atoms with Crippen molar-refractivity contribution in [3.63, 3.8) is 0 Å². The molecule has 1 aromatic carbocycles. The van der Waals surface area contributed by atoms with Crippen LogP contribution in [-0.2, 0) is 11.8 Å². The first kappa shape index (κ1) is 25.3. The van der Waals surface area contributed by atoms with Crippen LogP contribution in [0.1, 0.15) is 73.1 Å². The van der Waals surface area contributed by atoms with E-state index >= 15 is 0 Å². The van der Waals surface area contributed by atoms with E-state index in [1.807, 2.05) is 0 Å². The van der Waals surface area contributed by atoms with Crippen molar-refractivity contribution in [2.75, 3.05) is 0 Å². The Hall–Kier alpha value is 0.230. The van der Waals surface area contributed by atoms with Crippen molar-refractivity contribution in [2.24, 2.45) is 0 Å². The molecule has 154 valence electrons. The molecule has 1 rings (SSSR count). The minimum atomic E-state index is -2.24. The predicted octanol–water partition coefficient (Wildman–Crippen LogP) is 7.31. The van der Waals surface area contributed by atoms with Gasteiger partial charge < -0.3 is 0 Å². The van der Waals surface area contributed by atoms with Crippen LogP contribution in [0.4, 0.5) is 0 Å². The van der Waals surface area contributed by atoms with Gasteiger partial charge in [-0.2, -0.15) is 0 Å². The Kier molecular flexibility index (Phi) is 10.2. The average molecular weight is 445 g/mol. The number of rotatable bonds is 9. The van der Waals surface area contributed by atoms with Crippen LogP contribution in [0.25, 0.3) is 0 Å².